The number of rotatable bonds is 5. The SMILES string of the molecule is CCOc1cccc(NC(=O)/C(C#N)=C/c2cc3c(cc2Br)OCO3)c1. The van der Waals surface area contributed by atoms with E-state index in [1.165, 1.54) is 6.08 Å². The molecule has 2 aromatic rings. The molecule has 0 bridgehead atoms. The van der Waals surface area contributed by atoms with Gasteiger partial charge in [0.15, 0.2) is 11.5 Å². The zero-order valence-electron chi connectivity index (χ0n) is 13.9. The molecule has 1 amide bonds. The first-order chi connectivity index (χ1) is 12.6. The molecular weight excluding hydrogens is 400 g/mol. The second-order valence-corrected chi connectivity index (χ2v) is 6.17. The number of nitrogens with one attached hydrogen (secondary N) is 1. The highest BCUT2D eigenvalue weighted by atomic mass is 79.9. The van der Waals surface area contributed by atoms with Gasteiger partial charge in [0.05, 0.1) is 6.61 Å². The standard InChI is InChI=1S/C19H15BrN2O4/c1-2-24-15-5-3-4-14(8-15)22-19(23)13(10-21)6-12-7-17-18(9-16(12)20)26-11-25-17/h3-9H,2,11H2,1H3,(H,22,23)/b13-6+. The molecule has 0 unspecified atom stereocenters. The van der Waals surface area contributed by atoms with Crippen molar-refractivity contribution in [2.45, 2.75) is 6.92 Å². The highest BCUT2D eigenvalue weighted by Gasteiger charge is 2.17. The zero-order valence-corrected chi connectivity index (χ0v) is 15.5. The Morgan fingerprint density at radius 2 is 2.12 bits per heavy atom. The summed E-state index contributed by atoms with van der Waals surface area (Å²) in [6.07, 6.45) is 1.49. The zero-order chi connectivity index (χ0) is 18.5. The molecule has 26 heavy (non-hydrogen) atoms. The van der Waals surface area contributed by atoms with E-state index in [0.717, 1.165) is 0 Å². The van der Waals surface area contributed by atoms with Crippen molar-refractivity contribution in [2.75, 3.05) is 18.7 Å². The number of hydrogen-bond acceptors (Lipinski definition) is 5. The molecule has 7 heteroatoms. The van der Waals surface area contributed by atoms with Crippen LogP contribution in [0.15, 0.2) is 46.4 Å². The minimum absolute atomic E-state index is 0.0358. The third-order valence-electron chi connectivity index (χ3n) is 3.56. The fourth-order valence-electron chi connectivity index (χ4n) is 2.38. The van der Waals surface area contributed by atoms with Gasteiger partial charge in [0.1, 0.15) is 17.4 Å². The molecule has 0 aromatic heterocycles. The summed E-state index contributed by atoms with van der Waals surface area (Å²) in [5.74, 6) is 1.32. The highest BCUT2D eigenvalue weighted by Crippen LogP contribution is 2.37. The predicted octanol–water partition coefficient (Wildman–Crippen LogP) is 4.12. The Kier molecular flexibility index (Phi) is 5.44. The van der Waals surface area contributed by atoms with E-state index in [1.807, 2.05) is 13.0 Å². The van der Waals surface area contributed by atoms with Crippen molar-refractivity contribution >= 4 is 33.6 Å². The van der Waals surface area contributed by atoms with Crippen molar-refractivity contribution in [3.05, 3.63) is 52.0 Å². The molecule has 132 valence electrons. The van der Waals surface area contributed by atoms with Gasteiger partial charge in [-0.25, -0.2) is 0 Å². The highest BCUT2D eigenvalue weighted by molar-refractivity contribution is 9.10. The van der Waals surface area contributed by atoms with E-state index in [1.54, 1.807) is 36.4 Å². The third-order valence-corrected chi connectivity index (χ3v) is 4.25. The normalized spacial score (nSPS) is 12.4. The molecular formula is C19H15BrN2O4. The maximum atomic E-state index is 12.4. The van der Waals surface area contributed by atoms with Crippen molar-refractivity contribution < 1.29 is 19.0 Å². The van der Waals surface area contributed by atoms with Crippen LogP contribution in [0.25, 0.3) is 6.08 Å². The van der Waals surface area contributed by atoms with Crippen molar-refractivity contribution in [2.24, 2.45) is 0 Å². The summed E-state index contributed by atoms with van der Waals surface area (Å²) in [7, 11) is 0. The van der Waals surface area contributed by atoms with E-state index in [4.69, 9.17) is 14.2 Å². The summed E-state index contributed by atoms with van der Waals surface area (Å²) in [4.78, 5) is 12.4. The number of halogens is 1. The van der Waals surface area contributed by atoms with Gasteiger partial charge in [0, 0.05) is 16.2 Å². The Hall–Kier alpha value is -2.98. The van der Waals surface area contributed by atoms with Crippen molar-refractivity contribution in [3.63, 3.8) is 0 Å². The van der Waals surface area contributed by atoms with Gasteiger partial charge in [-0.05, 0) is 42.8 Å². The summed E-state index contributed by atoms with van der Waals surface area (Å²) in [6.45, 7) is 2.56. The van der Waals surface area contributed by atoms with E-state index in [-0.39, 0.29) is 12.4 Å². The number of hydrogen-bond donors (Lipinski definition) is 1. The first-order valence-corrected chi connectivity index (χ1v) is 8.65. The molecule has 0 aliphatic carbocycles. The van der Waals surface area contributed by atoms with Crippen LogP contribution in [0.1, 0.15) is 12.5 Å². The summed E-state index contributed by atoms with van der Waals surface area (Å²) in [5.41, 5.74) is 1.15. The van der Waals surface area contributed by atoms with Crippen LogP contribution in [0.2, 0.25) is 0 Å². The molecule has 0 fully saturated rings. The Bertz CT molecular complexity index is 918. The third kappa shape index (κ3) is 3.98. The molecule has 1 heterocycles. The lowest BCUT2D eigenvalue weighted by Gasteiger charge is -2.08. The molecule has 3 rings (SSSR count). The van der Waals surface area contributed by atoms with E-state index in [9.17, 15) is 10.1 Å². The van der Waals surface area contributed by atoms with Gasteiger partial charge in [-0.3, -0.25) is 4.79 Å². The van der Waals surface area contributed by atoms with Crippen molar-refractivity contribution in [1.29, 1.82) is 5.26 Å². The summed E-state index contributed by atoms with van der Waals surface area (Å²) < 4.78 is 16.7. The number of carbonyl (C=O) groups is 1. The molecule has 0 radical (unpaired) electrons. The molecule has 1 aliphatic heterocycles. The Morgan fingerprint density at radius 3 is 2.85 bits per heavy atom. The summed E-state index contributed by atoms with van der Waals surface area (Å²) >= 11 is 3.41. The smallest absolute Gasteiger partial charge is 0.266 e. The second-order valence-electron chi connectivity index (χ2n) is 5.31. The average Bonchev–Trinajstić information content (AvgIpc) is 3.07. The fourth-order valence-corrected chi connectivity index (χ4v) is 2.81. The number of fused-ring (bicyclic) bond motifs is 1. The largest absolute Gasteiger partial charge is 0.494 e. The fraction of sp³-hybridized carbons (Fsp3) is 0.158. The van der Waals surface area contributed by atoms with Crippen LogP contribution in [0, 0.1) is 11.3 Å². The van der Waals surface area contributed by atoms with Gasteiger partial charge in [0.25, 0.3) is 5.91 Å². The lowest BCUT2D eigenvalue weighted by molar-refractivity contribution is -0.112. The Balaban J connectivity index is 1.82. The predicted molar refractivity (Wildman–Crippen MR) is 100 cm³/mol. The average molecular weight is 415 g/mol. The Labute approximate surface area is 159 Å². The molecule has 1 N–H and O–H groups in total. The van der Waals surface area contributed by atoms with Gasteiger partial charge in [-0.15, -0.1) is 0 Å². The quantitative estimate of drug-likeness (QED) is 0.587. The van der Waals surface area contributed by atoms with Crippen molar-refractivity contribution in [3.8, 4) is 23.3 Å². The molecule has 1 aliphatic rings. The van der Waals surface area contributed by atoms with Crippen LogP contribution >= 0.6 is 15.9 Å². The molecule has 0 spiro atoms. The first kappa shape index (κ1) is 17.8. The van der Waals surface area contributed by atoms with Crippen molar-refractivity contribution in [1.82, 2.24) is 0 Å². The first-order valence-electron chi connectivity index (χ1n) is 7.86. The monoisotopic (exact) mass is 414 g/mol. The summed E-state index contributed by atoms with van der Waals surface area (Å²) in [5, 5.41) is 12.1. The van der Waals surface area contributed by atoms with Crippen LogP contribution in [0.3, 0.4) is 0 Å². The number of nitrogens with zero attached hydrogens (tertiary/aromatic N) is 1. The second kappa shape index (κ2) is 7.93. The van der Waals surface area contributed by atoms with Gasteiger partial charge in [-0.1, -0.05) is 22.0 Å². The minimum atomic E-state index is -0.509. The van der Waals surface area contributed by atoms with Gasteiger partial charge < -0.3 is 19.5 Å². The molecule has 0 saturated carbocycles. The van der Waals surface area contributed by atoms with Crippen LogP contribution in [-0.2, 0) is 4.79 Å². The van der Waals surface area contributed by atoms with Gasteiger partial charge >= 0.3 is 0 Å². The number of carbonyl (C=O) groups excluding carboxylic acids is 1. The number of ether oxygens (including phenoxy) is 3. The lowest BCUT2D eigenvalue weighted by atomic mass is 10.1. The van der Waals surface area contributed by atoms with Crippen LogP contribution < -0.4 is 19.5 Å². The lowest BCUT2D eigenvalue weighted by Crippen LogP contribution is -2.13. The van der Waals surface area contributed by atoms with Crippen LogP contribution in [-0.4, -0.2) is 19.3 Å². The number of amides is 1. The topological polar surface area (TPSA) is 80.6 Å². The van der Waals surface area contributed by atoms with E-state index >= 15 is 0 Å². The van der Waals surface area contributed by atoms with Crippen LogP contribution in [0.4, 0.5) is 5.69 Å². The van der Waals surface area contributed by atoms with Crippen LogP contribution in [0.5, 0.6) is 17.2 Å². The number of benzene rings is 2. The Morgan fingerprint density at radius 1 is 1.35 bits per heavy atom. The van der Waals surface area contributed by atoms with Gasteiger partial charge in [-0.2, -0.15) is 5.26 Å². The maximum absolute atomic E-state index is 12.4. The number of nitriles is 1. The molecule has 0 saturated heterocycles. The van der Waals surface area contributed by atoms with E-state index in [2.05, 4.69) is 21.2 Å². The molecule has 2 aromatic carbocycles. The molecule has 0 atom stereocenters. The minimum Gasteiger partial charge on any atom is -0.494 e. The summed E-state index contributed by atoms with van der Waals surface area (Å²) in [6, 6.07) is 12.4. The van der Waals surface area contributed by atoms with E-state index in [0.29, 0.717) is 39.6 Å². The van der Waals surface area contributed by atoms with E-state index < -0.39 is 5.91 Å². The maximum Gasteiger partial charge on any atom is 0.266 e. The molecule has 6 nitrogen and oxygen atoms in total. The number of anilines is 1. The van der Waals surface area contributed by atoms with Gasteiger partial charge in [0.2, 0.25) is 6.79 Å².